The highest BCUT2D eigenvalue weighted by atomic mass is 32.2. The summed E-state index contributed by atoms with van der Waals surface area (Å²) in [6.45, 7) is 6.24. The van der Waals surface area contributed by atoms with Gasteiger partial charge in [-0.3, -0.25) is 0 Å². The summed E-state index contributed by atoms with van der Waals surface area (Å²) in [4.78, 5) is 0.221. The number of nitrogen functional groups attached to an aromatic ring is 1. The van der Waals surface area contributed by atoms with Crippen LogP contribution in [0, 0.1) is 19.8 Å². The van der Waals surface area contributed by atoms with E-state index in [1.807, 2.05) is 51.1 Å². The van der Waals surface area contributed by atoms with Crippen LogP contribution in [0.4, 0.5) is 5.69 Å². The second-order valence-corrected chi connectivity index (χ2v) is 8.95. The van der Waals surface area contributed by atoms with Gasteiger partial charge in [-0.15, -0.1) is 0 Å². The van der Waals surface area contributed by atoms with Crippen LogP contribution in [0.3, 0.4) is 0 Å². The Balaban J connectivity index is 2.03. The van der Waals surface area contributed by atoms with Crippen LogP contribution in [-0.4, -0.2) is 18.8 Å². The van der Waals surface area contributed by atoms with Gasteiger partial charge >= 0.3 is 0 Å². The fraction of sp³-hybridized carbons (Fsp3) is 0.400. The van der Waals surface area contributed by atoms with Crippen molar-refractivity contribution in [2.24, 2.45) is 5.92 Å². The van der Waals surface area contributed by atoms with E-state index >= 15 is 0 Å². The van der Waals surface area contributed by atoms with Gasteiger partial charge in [-0.25, -0.2) is 8.42 Å². The fourth-order valence-electron chi connectivity index (χ4n) is 3.19. The van der Waals surface area contributed by atoms with E-state index in [2.05, 4.69) is 0 Å². The number of sulfonamides is 1. The molecule has 2 aromatic rings. The topological polar surface area (TPSA) is 63.4 Å². The Morgan fingerprint density at radius 2 is 1.72 bits per heavy atom. The van der Waals surface area contributed by atoms with Gasteiger partial charge < -0.3 is 5.73 Å². The van der Waals surface area contributed by atoms with Crippen molar-refractivity contribution in [3.63, 3.8) is 0 Å². The lowest BCUT2D eigenvalue weighted by atomic mass is 10.1. The Morgan fingerprint density at radius 3 is 2.32 bits per heavy atom. The first-order chi connectivity index (χ1) is 11.8. The number of hydrogen-bond donors (Lipinski definition) is 1. The van der Waals surface area contributed by atoms with Gasteiger partial charge in [-0.1, -0.05) is 30.3 Å². The van der Waals surface area contributed by atoms with Crippen molar-refractivity contribution in [1.82, 2.24) is 4.31 Å². The summed E-state index contributed by atoms with van der Waals surface area (Å²) in [7, 11) is -3.67. The highest BCUT2D eigenvalue weighted by molar-refractivity contribution is 7.89. The molecule has 1 aliphatic rings. The normalized spacial score (nSPS) is 16.2. The molecule has 0 heterocycles. The minimum atomic E-state index is -3.67. The number of anilines is 1. The van der Waals surface area contributed by atoms with Crippen LogP contribution in [0.2, 0.25) is 0 Å². The summed E-state index contributed by atoms with van der Waals surface area (Å²) in [5.41, 5.74) is 9.34. The molecular weight excluding hydrogens is 332 g/mol. The molecule has 1 unspecified atom stereocenters. The number of nitrogens with two attached hydrogens (primary N) is 1. The Bertz CT molecular complexity index is 859. The molecular formula is C20H26N2O2S. The molecule has 0 radical (unpaired) electrons. The van der Waals surface area contributed by atoms with E-state index in [4.69, 9.17) is 5.73 Å². The number of nitrogens with zero attached hydrogens (tertiary/aromatic N) is 1. The molecule has 0 saturated heterocycles. The van der Waals surface area contributed by atoms with Crippen LogP contribution in [0.15, 0.2) is 47.4 Å². The van der Waals surface area contributed by atoms with E-state index in [1.54, 1.807) is 16.4 Å². The molecule has 4 nitrogen and oxygen atoms in total. The molecule has 5 heteroatoms. The molecule has 1 fully saturated rings. The molecule has 0 spiro atoms. The Morgan fingerprint density at radius 1 is 1.12 bits per heavy atom. The van der Waals surface area contributed by atoms with E-state index in [0.29, 0.717) is 18.2 Å². The van der Waals surface area contributed by atoms with Crippen molar-refractivity contribution in [1.29, 1.82) is 0 Å². The second kappa shape index (κ2) is 6.81. The molecule has 25 heavy (non-hydrogen) atoms. The van der Waals surface area contributed by atoms with Crippen molar-refractivity contribution in [3.8, 4) is 0 Å². The van der Waals surface area contributed by atoms with Gasteiger partial charge in [0, 0.05) is 12.6 Å². The molecule has 2 N–H and O–H groups in total. The Hall–Kier alpha value is -1.85. The lowest BCUT2D eigenvalue weighted by Crippen LogP contribution is -2.39. The van der Waals surface area contributed by atoms with Crippen molar-refractivity contribution in [3.05, 3.63) is 59.2 Å². The monoisotopic (exact) mass is 358 g/mol. The lowest BCUT2D eigenvalue weighted by Gasteiger charge is -2.29. The highest BCUT2D eigenvalue weighted by Crippen LogP contribution is 2.38. The number of hydrogen-bond acceptors (Lipinski definition) is 3. The smallest absolute Gasteiger partial charge is 0.245 e. The molecule has 134 valence electrons. The number of aryl methyl sites for hydroxylation is 2. The van der Waals surface area contributed by atoms with Crippen LogP contribution in [0.5, 0.6) is 0 Å². The average Bonchev–Trinajstić information content (AvgIpc) is 3.41. The zero-order valence-corrected chi connectivity index (χ0v) is 15.9. The molecule has 2 aromatic carbocycles. The van der Waals surface area contributed by atoms with Crippen molar-refractivity contribution in [2.75, 3.05) is 5.73 Å². The van der Waals surface area contributed by atoms with Gasteiger partial charge in [0.2, 0.25) is 10.0 Å². The third kappa shape index (κ3) is 3.72. The predicted molar refractivity (Wildman–Crippen MR) is 102 cm³/mol. The summed E-state index contributed by atoms with van der Waals surface area (Å²) in [6.07, 6.45) is 2.18. The summed E-state index contributed by atoms with van der Waals surface area (Å²) in [6, 6.07) is 13.2. The second-order valence-electron chi connectivity index (χ2n) is 7.09. The van der Waals surface area contributed by atoms with Gasteiger partial charge in [-0.05, 0) is 68.4 Å². The zero-order valence-electron chi connectivity index (χ0n) is 15.1. The fourth-order valence-corrected chi connectivity index (χ4v) is 5.05. The van der Waals surface area contributed by atoms with Gasteiger partial charge in [0.05, 0.1) is 5.69 Å². The van der Waals surface area contributed by atoms with Crippen LogP contribution in [0.25, 0.3) is 0 Å². The van der Waals surface area contributed by atoms with Crippen molar-refractivity contribution < 1.29 is 8.42 Å². The molecule has 1 atom stereocenters. The maximum absolute atomic E-state index is 13.4. The largest absolute Gasteiger partial charge is 0.398 e. The van der Waals surface area contributed by atoms with E-state index in [0.717, 1.165) is 29.5 Å². The van der Waals surface area contributed by atoms with E-state index in [9.17, 15) is 8.42 Å². The van der Waals surface area contributed by atoms with E-state index < -0.39 is 10.0 Å². The minimum absolute atomic E-state index is 0.0359. The van der Waals surface area contributed by atoms with Crippen LogP contribution in [0.1, 0.15) is 36.5 Å². The van der Waals surface area contributed by atoms with Crippen LogP contribution in [-0.2, 0) is 16.6 Å². The standard InChI is InChI=1S/C20H26N2O2S/c1-14-11-19(21)20(12-15(14)2)25(23,24)22(16(3)18-9-10-18)13-17-7-5-4-6-8-17/h4-8,11-12,16,18H,9-10,13,21H2,1-3H3. The number of benzene rings is 2. The van der Waals surface area contributed by atoms with Crippen LogP contribution < -0.4 is 5.73 Å². The predicted octanol–water partition coefficient (Wildman–Crippen LogP) is 3.88. The summed E-state index contributed by atoms with van der Waals surface area (Å²) >= 11 is 0. The summed E-state index contributed by atoms with van der Waals surface area (Å²) in [5, 5.41) is 0. The van der Waals surface area contributed by atoms with Crippen molar-refractivity contribution >= 4 is 15.7 Å². The summed E-state index contributed by atoms with van der Waals surface area (Å²) < 4.78 is 28.5. The molecule has 3 rings (SSSR count). The van der Waals surface area contributed by atoms with Gasteiger partial charge in [-0.2, -0.15) is 4.31 Å². The maximum Gasteiger partial charge on any atom is 0.245 e. The van der Waals surface area contributed by atoms with Crippen LogP contribution >= 0.6 is 0 Å². The Kier molecular flexibility index (Phi) is 4.89. The molecule has 1 saturated carbocycles. The summed E-state index contributed by atoms with van der Waals surface area (Å²) in [5.74, 6) is 0.436. The molecule has 0 aliphatic heterocycles. The molecule has 0 bridgehead atoms. The quantitative estimate of drug-likeness (QED) is 0.797. The Labute approximate surface area is 150 Å². The molecule has 0 amide bonds. The third-order valence-corrected chi connectivity index (χ3v) is 7.14. The average molecular weight is 359 g/mol. The highest BCUT2D eigenvalue weighted by Gasteiger charge is 2.39. The van der Waals surface area contributed by atoms with E-state index in [-0.39, 0.29) is 10.9 Å². The first kappa shape index (κ1) is 18.0. The van der Waals surface area contributed by atoms with Gasteiger partial charge in [0.25, 0.3) is 0 Å². The first-order valence-electron chi connectivity index (χ1n) is 8.73. The third-order valence-electron chi connectivity index (χ3n) is 5.15. The van der Waals surface area contributed by atoms with Crippen molar-refractivity contribution in [2.45, 2.75) is 51.1 Å². The minimum Gasteiger partial charge on any atom is -0.398 e. The van der Waals surface area contributed by atoms with Gasteiger partial charge in [0.15, 0.2) is 0 Å². The number of rotatable bonds is 6. The van der Waals surface area contributed by atoms with Gasteiger partial charge in [0.1, 0.15) is 4.90 Å². The lowest BCUT2D eigenvalue weighted by molar-refractivity contribution is 0.303. The SMILES string of the molecule is Cc1cc(N)c(S(=O)(=O)N(Cc2ccccc2)C(C)C2CC2)cc1C. The maximum atomic E-state index is 13.4. The zero-order chi connectivity index (χ0) is 18.2. The van der Waals surface area contributed by atoms with E-state index in [1.165, 1.54) is 0 Å². The molecule has 1 aliphatic carbocycles. The first-order valence-corrected chi connectivity index (χ1v) is 10.2. The molecule has 0 aromatic heterocycles.